The molecular formula is C21H25ClN4O4. The Balaban J connectivity index is 1.97. The van der Waals surface area contributed by atoms with Gasteiger partial charge in [-0.1, -0.05) is 11.6 Å². The minimum absolute atomic E-state index is 0.135. The van der Waals surface area contributed by atoms with Crippen molar-refractivity contribution in [3.05, 3.63) is 41.0 Å². The molecule has 1 amide bonds. The van der Waals surface area contributed by atoms with Gasteiger partial charge in [0.25, 0.3) is 5.91 Å². The van der Waals surface area contributed by atoms with Crippen molar-refractivity contribution >= 4 is 34.2 Å². The van der Waals surface area contributed by atoms with Crippen molar-refractivity contribution in [1.82, 2.24) is 15.4 Å². The Labute approximate surface area is 180 Å². The van der Waals surface area contributed by atoms with Crippen LogP contribution in [0.1, 0.15) is 17.3 Å². The van der Waals surface area contributed by atoms with E-state index in [4.69, 9.17) is 25.9 Å². The Morgan fingerprint density at radius 2 is 2.03 bits per heavy atom. The van der Waals surface area contributed by atoms with E-state index in [2.05, 4.69) is 15.4 Å². The molecular weight excluding hydrogens is 408 g/mol. The first-order valence-corrected chi connectivity index (χ1v) is 9.71. The molecule has 8 nitrogen and oxygen atoms in total. The lowest BCUT2D eigenvalue weighted by Gasteiger charge is -2.15. The number of hydrogen-bond donors (Lipinski definition) is 2. The average Bonchev–Trinajstić information content (AvgIpc) is 3.14. The molecule has 0 aliphatic rings. The van der Waals surface area contributed by atoms with Crippen molar-refractivity contribution in [2.24, 2.45) is 0 Å². The number of ether oxygens (including phenoxy) is 2. The van der Waals surface area contributed by atoms with Gasteiger partial charge in [-0.25, -0.2) is 5.48 Å². The SMILES string of the molecule is COc1nc(N(C)C)ccc1-c1cc2c(C(=O)NOCC(C)OC)c[nH]c2cc1Cl. The van der Waals surface area contributed by atoms with Gasteiger partial charge in [-0.2, -0.15) is 4.98 Å². The van der Waals surface area contributed by atoms with Crippen molar-refractivity contribution in [1.29, 1.82) is 0 Å². The zero-order chi connectivity index (χ0) is 21.8. The number of amides is 1. The van der Waals surface area contributed by atoms with Crippen LogP contribution in [-0.4, -0.2) is 56.9 Å². The van der Waals surface area contributed by atoms with E-state index in [0.29, 0.717) is 27.4 Å². The molecule has 1 atom stereocenters. The van der Waals surface area contributed by atoms with E-state index in [1.165, 1.54) is 0 Å². The Kier molecular flexibility index (Phi) is 6.81. The number of nitrogens with one attached hydrogen (secondary N) is 2. The van der Waals surface area contributed by atoms with Gasteiger partial charge in [-0.15, -0.1) is 0 Å². The number of methoxy groups -OCH3 is 2. The first kappa shape index (κ1) is 21.9. The summed E-state index contributed by atoms with van der Waals surface area (Å²) in [6, 6.07) is 7.40. The van der Waals surface area contributed by atoms with Crippen LogP contribution in [0.3, 0.4) is 0 Å². The standard InChI is InChI=1S/C21H25ClN4O4/c1-12(28-4)11-30-25-20(27)16-10-23-18-9-17(22)14(8-15(16)18)13-6-7-19(26(2)3)24-21(13)29-5/h6-10,12,23H,11H2,1-5H3,(H,25,27). The zero-order valence-corrected chi connectivity index (χ0v) is 18.3. The number of aromatic nitrogens is 2. The fourth-order valence-electron chi connectivity index (χ4n) is 2.93. The van der Waals surface area contributed by atoms with Gasteiger partial charge >= 0.3 is 0 Å². The van der Waals surface area contributed by atoms with E-state index in [0.717, 1.165) is 16.9 Å². The number of fused-ring (bicyclic) bond motifs is 1. The van der Waals surface area contributed by atoms with Gasteiger partial charge in [0, 0.05) is 49.4 Å². The maximum absolute atomic E-state index is 12.6. The number of benzene rings is 1. The number of nitrogens with zero attached hydrogens (tertiary/aromatic N) is 2. The van der Waals surface area contributed by atoms with Crippen LogP contribution in [0.25, 0.3) is 22.0 Å². The summed E-state index contributed by atoms with van der Waals surface area (Å²) in [5.74, 6) is 0.837. The third kappa shape index (κ3) is 4.51. The van der Waals surface area contributed by atoms with Crippen LogP contribution in [0.5, 0.6) is 5.88 Å². The second kappa shape index (κ2) is 9.34. The molecule has 2 aromatic heterocycles. The molecule has 0 fully saturated rings. The molecule has 9 heteroatoms. The van der Waals surface area contributed by atoms with E-state index in [1.54, 1.807) is 26.5 Å². The van der Waals surface area contributed by atoms with Crippen molar-refractivity contribution in [2.75, 3.05) is 39.8 Å². The Hall–Kier alpha value is -2.81. The quantitative estimate of drug-likeness (QED) is 0.528. The maximum atomic E-state index is 12.6. The molecule has 1 aromatic carbocycles. The summed E-state index contributed by atoms with van der Waals surface area (Å²) in [7, 11) is 6.95. The number of carbonyl (C=O) groups excluding carboxylic acids is 1. The first-order valence-electron chi connectivity index (χ1n) is 9.34. The van der Waals surface area contributed by atoms with Gasteiger partial charge in [0.05, 0.1) is 23.8 Å². The lowest BCUT2D eigenvalue weighted by Crippen LogP contribution is -2.27. The van der Waals surface area contributed by atoms with E-state index >= 15 is 0 Å². The third-order valence-electron chi connectivity index (χ3n) is 4.69. The Bertz CT molecular complexity index is 1050. The molecule has 1 unspecified atom stereocenters. The van der Waals surface area contributed by atoms with Crippen molar-refractivity contribution in [2.45, 2.75) is 13.0 Å². The number of aromatic amines is 1. The Morgan fingerprint density at radius 1 is 1.27 bits per heavy atom. The molecule has 0 bridgehead atoms. The molecule has 2 N–H and O–H groups in total. The zero-order valence-electron chi connectivity index (χ0n) is 17.6. The Morgan fingerprint density at radius 3 is 2.70 bits per heavy atom. The number of pyridine rings is 1. The summed E-state index contributed by atoms with van der Waals surface area (Å²) in [5, 5.41) is 1.22. The van der Waals surface area contributed by atoms with E-state index in [1.807, 2.05) is 44.1 Å². The lowest BCUT2D eigenvalue weighted by molar-refractivity contribution is -0.0215. The largest absolute Gasteiger partial charge is 0.480 e. The molecule has 0 radical (unpaired) electrons. The van der Waals surface area contributed by atoms with Crippen LogP contribution in [0.2, 0.25) is 5.02 Å². The molecule has 30 heavy (non-hydrogen) atoms. The molecule has 0 saturated carbocycles. The molecule has 160 valence electrons. The summed E-state index contributed by atoms with van der Waals surface area (Å²) in [6.07, 6.45) is 1.48. The molecule has 2 heterocycles. The predicted molar refractivity (Wildman–Crippen MR) is 117 cm³/mol. The fourth-order valence-corrected chi connectivity index (χ4v) is 3.19. The van der Waals surface area contributed by atoms with Gasteiger partial charge in [0.1, 0.15) is 12.4 Å². The van der Waals surface area contributed by atoms with Gasteiger partial charge < -0.3 is 19.4 Å². The lowest BCUT2D eigenvalue weighted by atomic mass is 10.0. The number of hydrogen-bond acceptors (Lipinski definition) is 6. The highest BCUT2D eigenvalue weighted by Gasteiger charge is 2.18. The summed E-state index contributed by atoms with van der Waals surface area (Å²) in [5.41, 5.74) is 5.05. The van der Waals surface area contributed by atoms with E-state index < -0.39 is 0 Å². The summed E-state index contributed by atoms with van der Waals surface area (Å²) in [6.45, 7) is 2.08. The first-order chi connectivity index (χ1) is 14.3. The highest BCUT2D eigenvalue weighted by atomic mass is 35.5. The summed E-state index contributed by atoms with van der Waals surface area (Å²) in [4.78, 5) is 27.3. The van der Waals surface area contributed by atoms with Crippen molar-refractivity contribution < 1.29 is 19.1 Å². The number of halogens is 1. The van der Waals surface area contributed by atoms with Gasteiger partial charge in [0.15, 0.2) is 0 Å². The summed E-state index contributed by atoms with van der Waals surface area (Å²) < 4.78 is 10.6. The van der Waals surface area contributed by atoms with Gasteiger partial charge in [-0.3, -0.25) is 9.63 Å². The number of carbonyl (C=O) groups is 1. The maximum Gasteiger partial charge on any atom is 0.277 e. The highest BCUT2D eigenvalue weighted by molar-refractivity contribution is 6.34. The van der Waals surface area contributed by atoms with E-state index in [9.17, 15) is 4.79 Å². The van der Waals surface area contributed by atoms with Crippen molar-refractivity contribution in [3.8, 4) is 17.0 Å². The van der Waals surface area contributed by atoms with Crippen LogP contribution >= 0.6 is 11.6 Å². The predicted octanol–water partition coefficient (Wildman–Crippen LogP) is 3.65. The monoisotopic (exact) mass is 432 g/mol. The molecule has 3 aromatic rings. The smallest absolute Gasteiger partial charge is 0.277 e. The highest BCUT2D eigenvalue weighted by Crippen LogP contribution is 2.38. The average molecular weight is 433 g/mol. The second-order valence-corrected chi connectivity index (χ2v) is 7.40. The number of anilines is 1. The van der Waals surface area contributed by atoms with Gasteiger partial charge in [-0.05, 0) is 31.2 Å². The van der Waals surface area contributed by atoms with Crippen LogP contribution in [0.4, 0.5) is 5.82 Å². The summed E-state index contributed by atoms with van der Waals surface area (Å²) >= 11 is 6.54. The second-order valence-electron chi connectivity index (χ2n) is 6.99. The molecule has 0 spiro atoms. The minimum atomic E-state index is -0.370. The van der Waals surface area contributed by atoms with Crippen molar-refractivity contribution in [3.63, 3.8) is 0 Å². The molecule has 0 saturated heterocycles. The van der Waals surface area contributed by atoms with Crippen LogP contribution < -0.4 is 15.1 Å². The van der Waals surface area contributed by atoms with Crippen LogP contribution in [0.15, 0.2) is 30.5 Å². The minimum Gasteiger partial charge on any atom is -0.480 e. The van der Waals surface area contributed by atoms with Gasteiger partial charge in [0.2, 0.25) is 5.88 Å². The number of H-pyrrole nitrogens is 1. The normalized spacial score (nSPS) is 12.1. The number of hydroxylamine groups is 1. The molecule has 3 rings (SSSR count). The fraction of sp³-hybridized carbons (Fsp3) is 0.333. The van der Waals surface area contributed by atoms with Crippen LogP contribution in [0, 0.1) is 0 Å². The molecule has 0 aliphatic heterocycles. The molecule has 0 aliphatic carbocycles. The third-order valence-corrected chi connectivity index (χ3v) is 5.00. The number of rotatable bonds is 8. The topological polar surface area (TPSA) is 88.7 Å². The van der Waals surface area contributed by atoms with E-state index in [-0.39, 0.29) is 18.6 Å². The van der Waals surface area contributed by atoms with Crippen LogP contribution in [-0.2, 0) is 9.57 Å².